The number of ether oxygens (including phenoxy) is 1. The molecule has 4 unspecified atom stereocenters. The molecule has 2 saturated heterocycles. The van der Waals surface area contributed by atoms with Gasteiger partial charge in [0.05, 0.1) is 12.0 Å². The molecule has 0 bridgehead atoms. The third-order valence-electron chi connectivity index (χ3n) is 4.65. The van der Waals surface area contributed by atoms with Crippen LogP contribution in [0, 0.1) is 0 Å². The number of carbonyl (C=O) groups is 3. The Kier molecular flexibility index (Phi) is 6.89. The maximum Gasteiger partial charge on any atom is 1.00 e. The van der Waals surface area contributed by atoms with Gasteiger partial charge >= 0.3 is 29.6 Å². The number of nitrogens with one attached hydrogen (secondary N) is 1. The largest absolute Gasteiger partial charge is 1.00 e. The second-order valence-corrected chi connectivity index (χ2v) is 8.66. The molecule has 0 aliphatic carbocycles. The van der Waals surface area contributed by atoms with Gasteiger partial charge in [-0.25, -0.2) is 0 Å². The fourth-order valence-corrected chi connectivity index (χ4v) is 4.98. The zero-order valence-electron chi connectivity index (χ0n) is 15.8. The summed E-state index contributed by atoms with van der Waals surface area (Å²) < 4.78 is 5.02. The van der Waals surface area contributed by atoms with Crippen molar-refractivity contribution in [2.75, 3.05) is 0 Å². The fourth-order valence-electron chi connectivity index (χ4n) is 3.36. The summed E-state index contributed by atoms with van der Waals surface area (Å²) in [5.41, 5.74) is 0. The average Bonchev–Trinajstić information content (AvgIpc) is 2.86. The zero-order valence-corrected chi connectivity index (χ0v) is 18.6. The Morgan fingerprint density at radius 1 is 1.33 bits per heavy atom. The number of hydrogen-bond acceptors (Lipinski definition) is 6. The van der Waals surface area contributed by atoms with E-state index >= 15 is 0 Å². The molecule has 140 valence electrons. The molecular weight excluding hydrogens is 379 g/mol. The number of fused-ring (bicyclic) bond motifs is 1. The minimum atomic E-state index is -1.28. The van der Waals surface area contributed by atoms with E-state index in [9.17, 15) is 19.5 Å². The summed E-state index contributed by atoms with van der Waals surface area (Å²) in [5, 5.41) is 13.7. The van der Waals surface area contributed by atoms with E-state index in [1.807, 2.05) is 25.1 Å². The summed E-state index contributed by atoms with van der Waals surface area (Å²) in [4.78, 5) is 37.7. The summed E-state index contributed by atoms with van der Waals surface area (Å²) in [7, 11) is 0. The summed E-state index contributed by atoms with van der Waals surface area (Å²) in [6.45, 7) is 5.34. The number of β-lactam (4-membered cyclic amide) rings is 1. The summed E-state index contributed by atoms with van der Waals surface area (Å²) >= 11 is 1.36. The number of aliphatic carboxylic acids is 1. The van der Waals surface area contributed by atoms with Crippen LogP contribution in [0.4, 0.5) is 0 Å². The van der Waals surface area contributed by atoms with E-state index in [0.717, 1.165) is 0 Å². The van der Waals surface area contributed by atoms with Gasteiger partial charge in [-0.05, 0) is 32.4 Å². The van der Waals surface area contributed by atoms with Crippen LogP contribution in [0.2, 0.25) is 0 Å². The van der Waals surface area contributed by atoms with Crippen molar-refractivity contribution in [1.82, 2.24) is 10.2 Å². The SMILES string of the molecule is CCC(Oc1ccccc1)C(=O)NC1C(=O)N2C1SC(C)(C)C2C(=O)[O-].[Na+]. The Bertz CT molecular complexity index is 730. The van der Waals surface area contributed by atoms with E-state index in [0.29, 0.717) is 12.2 Å². The van der Waals surface area contributed by atoms with Crippen LogP contribution in [0.5, 0.6) is 5.75 Å². The van der Waals surface area contributed by atoms with Gasteiger partial charge in [0.15, 0.2) is 6.10 Å². The molecule has 1 N–H and O–H groups in total. The number of rotatable bonds is 6. The maximum absolute atomic E-state index is 12.5. The number of hydrogen-bond donors (Lipinski definition) is 1. The molecule has 4 atom stereocenters. The molecule has 1 aromatic rings. The van der Waals surface area contributed by atoms with Crippen LogP contribution < -0.4 is 44.7 Å². The predicted molar refractivity (Wildman–Crippen MR) is 94.2 cm³/mol. The monoisotopic (exact) mass is 400 g/mol. The van der Waals surface area contributed by atoms with E-state index in [4.69, 9.17) is 4.74 Å². The third-order valence-corrected chi connectivity index (χ3v) is 6.22. The molecule has 2 amide bonds. The van der Waals surface area contributed by atoms with E-state index in [1.165, 1.54) is 16.7 Å². The second kappa shape index (κ2) is 8.43. The van der Waals surface area contributed by atoms with E-state index in [2.05, 4.69) is 5.32 Å². The van der Waals surface area contributed by atoms with Crippen LogP contribution in [0.15, 0.2) is 30.3 Å². The van der Waals surface area contributed by atoms with Crippen molar-refractivity contribution in [3.63, 3.8) is 0 Å². The van der Waals surface area contributed by atoms with Crippen molar-refractivity contribution in [3.05, 3.63) is 30.3 Å². The Hall–Kier alpha value is -1.22. The molecule has 2 fully saturated rings. The number of amides is 2. The molecule has 2 heterocycles. The van der Waals surface area contributed by atoms with Gasteiger partial charge in [0, 0.05) is 4.75 Å². The van der Waals surface area contributed by atoms with Gasteiger partial charge in [-0.15, -0.1) is 11.8 Å². The van der Waals surface area contributed by atoms with Gasteiger partial charge in [-0.3, -0.25) is 9.59 Å². The number of para-hydroxylation sites is 1. The number of thioether (sulfide) groups is 1. The minimum absolute atomic E-state index is 0. The van der Waals surface area contributed by atoms with Crippen LogP contribution in [-0.2, 0) is 14.4 Å². The van der Waals surface area contributed by atoms with E-state index in [1.54, 1.807) is 26.0 Å². The molecule has 0 radical (unpaired) electrons. The first kappa shape index (κ1) is 22.1. The molecule has 27 heavy (non-hydrogen) atoms. The smallest absolute Gasteiger partial charge is 0.548 e. The molecule has 1 aromatic carbocycles. The fraction of sp³-hybridized carbons (Fsp3) is 0.500. The van der Waals surface area contributed by atoms with Crippen molar-refractivity contribution < 1.29 is 53.8 Å². The number of carboxylic acids is 1. The molecule has 0 aromatic heterocycles. The molecule has 2 aliphatic rings. The first-order chi connectivity index (χ1) is 12.3. The summed E-state index contributed by atoms with van der Waals surface area (Å²) in [6.07, 6.45) is -0.285. The van der Waals surface area contributed by atoms with Crippen molar-refractivity contribution in [2.24, 2.45) is 0 Å². The Morgan fingerprint density at radius 3 is 2.52 bits per heavy atom. The van der Waals surface area contributed by atoms with Crippen molar-refractivity contribution in [3.8, 4) is 5.75 Å². The first-order valence-electron chi connectivity index (χ1n) is 8.49. The average molecular weight is 400 g/mol. The molecule has 3 rings (SSSR count). The number of carboxylic acid groups (broad SMARTS) is 1. The maximum atomic E-state index is 12.5. The topological polar surface area (TPSA) is 98.8 Å². The third kappa shape index (κ3) is 4.13. The minimum Gasteiger partial charge on any atom is -0.548 e. The quantitative estimate of drug-likeness (QED) is 0.408. The predicted octanol–water partition coefficient (Wildman–Crippen LogP) is -2.85. The molecular formula is C18H21N2NaO5S. The summed E-state index contributed by atoms with van der Waals surface area (Å²) in [5.74, 6) is -1.48. The second-order valence-electron chi connectivity index (χ2n) is 6.89. The number of benzene rings is 1. The van der Waals surface area contributed by atoms with E-state index in [-0.39, 0.29) is 35.5 Å². The standard InChI is InChI=1S/C18H22N2O5S.Na/c1-4-11(25-10-8-6-5-7-9-10)14(21)19-12-15(22)20-13(17(23)24)18(2,3)26-16(12)20;/h5-9,11-13,16H,4H2,1-3H3,(H,19,21)(H,23,24);/q;+1/p-1. The molecule has 0 saturated carbocycles. The molecule has 2 aliphatic heterocycles. The number of nitrogens with zero attached hydrogens (tertiary/aromatic N) is 1. The molecule has 7 nitrogen and oxygen atoms in total. The van der Waals surface area contributed by atoms with Crippen LogP contribution in [0.1, 0.15) is 27.2 Å². The van der Waals surface area contributed by atoms with Gasteiger partial charge in [-0.1, -0.05) is 25.1 Å². The number of carbonyl (C=O) groups excluding carboxylic acids is 3. The Morgan fingerprint density at radius 2 is 1.96 bits per heavy atom. The van der Waals surface area contributed by atoms with Crippen molar-refractivity contribution in [1.29, 1.82) is 0 Å². The molecule has 9 heteroatoms. The summed E-state index contributed by atoms with van der Waals surface area (Å²) in [6, 6.07) is 7.24. The van der Waals surface area contributed by atoms with Gasteiger partial charge in [0.25, 0.3) is 5.91 Å². The normalized spacial score (nSPS) is 26.3. The zero-order chi connectivity index (χ0) is 19.1. The van der Waals surface area contributed by atoms with Gasteiger partial charge in [-0.2, -0.15) is 0 Å². The van der Waals surface area contributed by atoms with Gasteiger partial charge in [0.2, 0.25) is 5.91 Å². The van der Waals surface area contributed by atoms with E-state index < -0.39 is 40.2 Å². The Labute approximate surface area is 184 Å². The van der Waals surface area contributed by atoms with Crippen LogP contribution >= 0.6 is 11.8 Å². The van der Waals surface area contributed by atoms with Crippen molar-refractivity contribution in [2.45, 2.75) is 55.5 Å². The van der Waals surface area contributed by atoms with Crippen LogP contribution in [0.3, 0.4) is 0 Å². The Balaban J connectivity index is 0.00000261. The van der Waals surface area contributed by atoms with Gasteiger partial charge < -0.3 is 24.9 Å². The van der Waals surface area contributed by atoms with Crippen molar-refractivity contribution >= 4 is 29.5 Å². The molecule has 0 spiro atoms. The van der Waals surface area contributed by atoms with Crippen LogP contribution in [0.25, 0.3) is 0 Å². The van der Waals surface area contributed by atoms with Gasteiger partial charge in [0.1, 0.15) is 17.2 Å². The first-order valence-corrected chi connectivity index (χ1v) is 9.37. The van der Waals surface area contributed by atoms with Crippen LogP contribution in [-0.4, -0.2) is 51.0 Å².